The number of aromatic nitrogens is 1. The van der Waals surface area contributed by atoms with Gasteiger partial charge in [0.25, 0.3) is 0 Å². The van der Waals surface area contributed by atoms with E-state index in [0.717, 1.165) is 19.3 Å². The maximum Gasteiger partial charge on any atom is 0.246 e. The summed E-state index contributed by atoms with van der Waals surface area (Å²) in [6.45, 7) is 2.11. The second kappa shape index (κ2) is 5.46. The first-order valence-corrected chi connectivity index (χ1v) is 8.06. The van der Waals surface area contributed by atoms with Gasteiger partial charge in [0.2, 0.25) is 10.0 Å². The SMILES string of the molecule is CC1CCCCC1N(C)S(=O)(=O)c1cnccc1N. The summed E-state index contributed by atoms with van der Waals surface area (Å²) in [7, 11) is -1.91. The molecule has 0 saturated heterocycles. The number of rotatable bonds is 3. The van der Waals surface area contributed by atoms with E-state index in [9.17, 15) is 8.42 Å². The van der Waals surface area contributed by atoms with E-state index in [2.05, 4.69) is 11.9 Å². The highest BCUT2D eigenvalue weighted by atomic mass is 32.2. The maximum atomic E-state index is 12.6. The molecule has 0 radical (unpaired) electrons. The van der Waals surface area contributed by atoms with Crippen molar-refractivity contribution in [3.05, 3.63) is 18.5 Å². The van der Waals surface area contributed by atoms with Crippen molar-refractivity contribution in [1.82, 2.24) is 9.29 Å². The van der Waals surface area contributed by atoms with Gasteiger partial charge >= 0.3 is 0 Å². The van der Waals surface area contributed by atoms with Crippen LogP contribution in [0.1, 0.15) is 32.6 Å². The molecule has 5 nitrogen and oxygen atoms in total. The van der Waals surface area contributed by atoms with Crippen molar-refractivity contribution in [3.8, 4) is 0 Å². The Labute approximate surface area is 114 Å². The molecule has 1 fully saturated rings. The second-order valence-corrected chi connectivity index (χ2v) is 7.23. The predicted octanol–water partition coefficient (Wildman–Crippen LogP) is 1.86. The highest BCUT2D eigenvalue weighted by Gasteiger charge is 2.33. The van der Waals surface area contributed by atoms with Crippen LogP contribution in [0.3, 0.4) is 0 Å². The third kappa shape index (κ3) is 2.74. The molecule has 2 unspecified atom stereocenters. The molecule has 106 valence electrons. The summed E-state index contributed by atoms with van der Waals surface area (Å²) >= 11 is 0. The Hall–Kier alpha value is -1.14. The number of sulfonamides is 1. The lowest BCUT2D eigenvalue weighted by atomic mass is 9.86. The van der Waals surface area contributed by atoms with Gasteiger partial charge in [-0.25, -0.2) is 8.42 Å². The number of nitrogens with two attached hydrogens (primary N) is 1. The van der Waals surface area contributed by atoms with E-state index in [1.165, 1.54) is 29.2 Å². The lowest BCUT2D eigenvalue weighted by Crippen LogP contribution is -2.42. The molecule has 2 N–H and O–H groups in total. The molecule has 2 rings (SSSR count). The molecule has 1 saturated carbocycles. The molecule has 0 aromatic carbocycles. The molecule has 1 heterocycles. The van der Waals surface area contributed by atoms with Crippen LogP contribution in [0.4, 0.5) is 5.69 Å². The van der Waals surface area contributed by atoms with Crippen LogP contribution in [0.15, 0.2) is 23.4 Å². The van der Waals surface area contributed by atoms with Gasteiger partial charge in [-0.15, -0.1) is 0 Å². The minimum absolute atomic E-state index is 0.0540. The van der Waals surface area contributed by atoms with Gasteiger partial charge in [-0.3, -0.25) is 4.98 Å². The summed E-state index contributed by atoms with van der Waals surface area (Å²) in [6.07, 6.45) is 7.08. The Balaban J connectivity index is 2.31. The first kappa shape index (κ1) is 14.3. The van der Waals surface area contributed by atoms with Crippen LogP contribution >= 0.6 is 0 Å². The Bertz CT molecular complexity index is 545. The summed E-state index contributed by atoms with van der Waals surface area (Å²) in [5.74, 6) is 0.381. The van der Waals surface area contributed by atoms with Crippen molar-refractivity contribution in [1.29, 1.82) is 0 Å². The van der Waals surface area contributed by atoms with Crippen LogP contribution in [0.25, 0.3) is 0 Å². The first-order chi connectivity index (χ1) is 8.94. The predicted molar refractivity (Wildman–Crippen MR) is 75.0 cm³/mol. The van der Waals surface area contributed by atoms with Crippen molar-refractivity contribution in [2.45, 2.75) is 43.5 Å². The molecule has 19 heavy (non-hydrogen) atoms. The second-order valence-electron chi connectivity index (χ2n) is 5.26. The van der Waals surface area contributed by atoms with Crippen LogP contribution in [0, 0.1) is 5.92 Å². The van der Waals surface area contributed by atoms with Gasteiger partial charge in [-0.1, -0.05) is 19.8 Å². The number of nitrogen functional groups attached to an aromatic ring is 1. The quantitative estimate of drug-likeness (QED) is 0.918. The number of hydrogen-bond donors (Lipinski definition) is 1. The van der Waals surface area contributed by atoms with Crippen molar-refractivity contribution >= 4 is 15.7 Å². The first-order valence-electron chi connectivity index (χ1n) is 6.62. The fourth-order valence-electron chi connectivity index (χ4n) is 2.78. The standard InChI is InChI=1S/C13H21N3O2S/c1-10-5-3-4-6-12(10)16(2)19(17,18)13-9-15-8-7-11(13)14/h7-10,12H,3-6H2,1-2H3,(H2,14,15). The normalized spacial score (nSPS) is 24.6. The topological polar surface area (TPSA) is 76.3 Å². The molecule has 6 heteroatoms. The molecule has 0 bridgehead atoms. The molecule has 1 aromatic heterocycles. The number of hydrogen-bond acceptors (Lipinski definition) is 4. The van der Waals surface area contributed by atoms with Crippen molar-refractivity contribution in [2.75, 3.05) is 12.8 Å². The van der Waals surface area contributed by atoms with E-state index in [1.54, 1.807) is 7.05 Å². The average molecular weight is 283 g/mol. The van der Waals surface area contributed by atoms with Crippen LogP contribution < -0.4 is 5.73 Å². The zero-order valence-electron chi connectivity index (χ0n) is 11.4. The smallest absolute Gasteiger partial charge is 0.246 e. The Kier molecular flexibility index (Phi) is 4.10. The molecule has 2 atom stereocenters. The summed E-state index contributed by atoms with van der Waals surface area (Å²) < 4.78 is 26.7. The Morgan fingerprint density at radius 3 is 2.68 bits per heavy atom. The third-order valence-electron chi connectivity index (χ3n) is 4.01. The van der Waals surface area contributed by atoms with Crippen molar-refractivity contribution < 1.29 is 8.42 Å². The van der Waals surface area contributed by atoms with Crippen LogP contribution in [0.2, 0.25) is 0 Å². The van der Waals surface area contributed by atoms with Crippen molar-refractivity contribution in [3.63, 3.8) is 0 Å². The number of pyridine rings is 1. The number of anilines is 1. The molecule has 0 amide bonds. The van der Waals surface area contributed by atoms with E-state index >= 15 is 0 Å². The molecule has 0 aliphatic heterocycles. The van der Waals surface area contributed by atoms with Gasteiger partial charge in [0.05, 0.1) is 5.69 Å². The molecule has 0 spiro atoms. The minimum atomic E-state index is -3.56. The number of nitrogens with zero attached hydrogens (tertiary/aromatic N) is 2. The summed E-state index contributed by atoms with van der Waals surface area (Å²) in [5.41, 5.74) is 6.02. The Morgan fingerprint density at radius 1 is 1.37 bits per heavy atom. The fourth-order valence-corrected chi connectivity index (χ4v) is 4.32. The Morgan fingerprint density at radius 2 is 2.05 bits per heavy atom. The van der Waals surface area contributed by atoms with Crippen LogP contribution in [-0.4, -0.2) is 30.8 Å². The largest absolute Gasteiger partial charge is 0.398 e. The monoisotopic (exact) mass is 283 g/mol. The van der Waals surface area contributed by atoms with Gasteiger partial charge in [0, 0.05) is 25.5 Å². The van der Waals surface area contributed by atoms with Gasteiger partial charge in [-0.05, 0) is 24.8 Å². The van der Waals surface area contributed by atoms with Gasteiger partial charge < -0.3 is 5.73 Å². The lowest BCUT2D eigenvalue weighted by molar-refractivity contribution is 0.213. The van der Waals surface area contributed by atoms with E-state index in [1.807, 2.05) is 0 Å². The molecule has 1 aliphatic rings. The fraction of sp³-hybridized carbons (Fsp3) is 0.615. The summed E-state index contributed by atoms with van der Waals surface area (Å²) in [6, 6.07) is 1.57. The van der Waals surface area contributed by atoms with E-state index in [-0.39, 0.29) is 16.6 Å². The highest BCUT2D eigenvalue weighted by molar-refractivity contribution is 7.89. The maximum absolute atomic E-state index is 12.6. The van der Waals surface area contributed by atoms with Gasteiger partial charge in [-0.2, -0.15) is 4.31 Å². The zero-order valence-corrected chi connectivity index (χ0v) is 12.2. The van der Waals surface area contributed by atoms with E-state index in [4.69, 9.17) is 5.73 Å². The van der Waals surface area contributed by atoms with Gasteiger partial charge in [0.1, 0.15) is 4.90 Å². The van der Waals surface area contributed by atoms with Crippen LogP contribution in [-0.2, 0) is 10.0 Å². The van der Waals surface area contributed by atoms with Crippen LogP contribution in [0.5, 0.6) is 0 Å². The summed E-state index contributed by atoms with van der Waals surface area (Å²) in [4.78, 5) is 3.98. The summed E-state index contributed by atoms with van der Waals surface area (Å²) in [5, 5.41) is 0. The average Bonchev–Trinajstić information content (AvgIpc) is 2.39. The van der Waals surface area contributed by atoms with E-state index < -0.39 is 10.0 Å². The lowest BCUT2D eigenvalue weighted by Gasteiger charge is -2.35. The van der Waals surface area contributed by atoms with Crippen molar-refractivity contribution in [2.24, 2.45) is 5.92 Å². The van der Waals surface area contributed by atoms with Gasteiger partial charge in [0.15, 0.2) is 0 Å². The highest BCUT2D eigenvalue weighted by Crippen LogP contribution is 2.31. The van der Waals surface area contributed by atoms with E-state index in [0.29, 0.717) is 5.92 Å². The minimum Gasteiger partial charge on any atom is -0.398 e. The molecule has 1 aromatic rings. The third-order valence-corrected chi connectivity index (χ3v) is 5.93. The molecular formula is C13H21N3O2S. The molecule has 1 aliphatic carbocycles. The zero-order chi connectivity index (χ0) is 14.0. The molecular weight excluding hydrogens is 262 g/mol.